The van der Waals surface area contributed by atoms with Crippen LogP contribution in [0.5, 0.6) is 0 Å². The number of hydrogen-bond acceptors (Lipinski definition) is 6. The third kappa shape index (κ3) is 3.65. The number of nitrogens with one attached hydrogen (secondary N) is 1. The summed E-state index contributed by atoms with van der Waals surface area (Å²) >= 11 is 1.54. The maximum absolute atomic E-state index is 10.7. The molecule has 0 amide bonds. The van der Waals surface area contributed by atoms with E-state index in [1.54, 1.807) is 17.8 Å². The molecule has 0 aromatic carbocycles. The molecule has 0 unspecified atom stereocenters. The molecule has 2 rings (SSSR count). The van der Waals surface area contributed by atoms with Gasteiger partial charge >= 0.3 is 5.97 Å². The van der Waals surface area contributed by atoms with Gasteiger partial charge in [-0.05, 0) is 17.9 Å². The number of anilines is 1. The molecule has 98 valence electrons. The van der Waals surface area contributed by atoms with Gasteiger partial charge in [0.2, 0.25) is 0 Å². The lowest BCUT2D eigenvalue weighted by molar-refractivity contribution is 0.0690. The van der Waals surface area contributed by atoms with Gasteiger partial charge in [0, 0.05) is 18.8 Å². The first-order chi connectivity index (χ1) is 9.19. The van der Waals surface area contributed by atoms with Crippen molar-refractivity contribution >= 4 is 23.5 Å². The van der Waals surface area contributed by atoms with Crippen LogP contribution in [0.2, 0.25) is 0 Å². The van der Waals surface area contributed by atoms with Gasteiger partial charge in [0.25, 0.3) is 0 Å². The molecule has 0 spiro atoms. The number of carbonyl (C=O) groups is 1. The predicted molar refractivity (Wildman–Crippen MR) is 72.3 cm³/mol. The average molecular weight is 276 g/mol. The van der Waals surface area contributed by atoms with E-state index in [0.717, 1.165) is 16.4 Å². The fourth-order valence-electron chi connectivity index (χ4n) is 1.40. The van der Waals surface area contributed by atoms with E-state index in [1.165, 1.54) is 18.6 Å². The Morgan fingerprint density at radius 2 is 2.21 bits per heavy atom. The van der Waals surface area contributed by atoms with Gasteiger partial charge in [-0.3, -0.25) is 0 Å². The second kappa shape index (κ2) is 6.14. The Labute approximate surface area is 114 Å². The van der Waals surface area contributed by atoms with Crippen molar-refractivity contribution in [2.75, 3.05) is 11.6 Å². The van der Waals surface area contributed by atoms with Crippen LogP contribution in [0.15, 0.2) is 35.7 Å². The van der Waals surface area contributed by atoms with Crippen LogP contribution in [-0.4, -0.2) is 32.3 Å². The molecule has 0 fully saturated rings. The van der Waals surface area contributed by atoms with E-state index in [0.29, 0.717) is 6.54 Å². The quantitative estimate of drug-likeness (QED) is 0.637. The van der Waals surface area contributed by atoms with E-state index < -0.39 is 5.97 Å². The minimum Gasteiger partial charge on any atom is -0.477 e. The van der Waals surface area contributed by atoms with Crippen LogP contribution in [0.1, 0.15) is 16.1 Å². The molecule has 7 heteroatoms. The summed E-state index contributed by atoms with van der Waals surface area (Å²) in [4.78, 5) is 22.7. The van der Waals surface area contributed by atoms with Gasteiger partial charge in [-0.1, -0.05) is 6.07 Å². The Balaban J connectivity index is 1.99. The lowest BCUT2D eigenvalue weighted by Crippen LogP contribution is -2.04. The molecular formula is C12H12N4O2S. The molecule has 0 atom stereocenters. The van der Waals surface area contributed by atoms with Crippen molar-refractivity contribution in [2.24, 2.45) is 0 Å². The van der Waals surface area contributed by atoms with Crippen molar-refractivity contribution in [2.45, 2.75) is 11.6 Å². The zero-order chi connectivity index (χ0) is 13.7. The summed E-state index contributed by atoms with van der Waals surface area (Å²) in [5.41, 5.74) is 0.921. The SMILES string of the molecule is CSc1cc(NCc2ccc(C(=O)O)nc2)ncn1. The van der Waals surface area contributed by atoms with Crippen molar-refractivity contribution in [3.8, 4) is 0 Å². The van der Waals surface area contributed by atoms with Crippen molar-refractivity contribution in [1.29, 1.82) is 0 Å². The maximum atomic E-state index is 10.7. The first-order valence-electron chi connectivity index (χ1n) is 5.47. The number of hydrogen-bond donors (Lipinski definition) is 2. The van der Waals surface area contributed by atoms with E-state index in [9.17, 15) is 4.79 Å². The van der Waals surface area contributed by atoms with Gasteiger partial charge in [-0.25, -0.2) is 19.7 Å². The number of rotatable bonds is 5. The number of carboxylic acids is 1. The smallest absolute Gasteiger partial charge is 0.354 e. The van der Waals surface area contributed by atoms with Crippen LogP contribution in [-0.2, 0) is 6.54 Å². The summed E-state index contributed by atoms with van der Waals surface area (Å²) < 4.78 is 0. The first-order valence-corrected chi connectivity index (χ1v) is 6.69. The number of aromatic carboxylic acids is 1. The third-order valence-corrected chi connectivity index (χ3v) is 3.01. The number of carboxylic acid groups (broad SMARTS) is 1. The molecule has 19 heavy (non-hydrogen) atoms. The van der Waals surface area contributed by atoms with Crippen molar-refractivity contribution in [3.05, 3.63) is 42.0 Å². The van der Waals surface area contributed by atoms with E-state index in [1.807, 2.05) is 12.3 Å². The molecule has 2 aromatic rings. The summed E-state index contributed by atoms with van der Waals surface area (Å²) in [7, 11) is 0. The standard InChI is InChI=1S/C12H12N4O2S/c1-19-11-4-10(15-7-16-11)14-6-8-2-3-9(12(17)18)13-5-8/h2-5,7H,6H2,1H3,(H,17,18)(H,14,15,16). The van der Waals surface area contributed by atoms with Gasteiger partial charge in [0.1, 0.15) is 22.9 Å². The van der Waals surface area contributed by atoms with Crippen molar-refractivity contribution in [3.63, 3.8) is 0 Å². The van der Waals surface area contributed by atoms with Crippen LogP contribution in [0.4, 0.5) is 5.82 Å². The Morgan fingerprint density at radius 3 is 2.84 bits per heavy atom. The highest BCUT2D eigenvalue weighted by Gasteiger charge is 2.03. The zero-order valence-electron chi connectivity index (χ0n) is 10.2. The van der Waals surface area contributed by atoms with Gasteiger partial charge in [-0.15, -0.1) is 11.8 Å². The monoisotopic (exact) mass is 276 g/mol. The van der Waals surface area contributed by atoms with Crippen LogP contribution >= 0.6 is 11.8 Å². The lowest BCUT2D eigenvalue weighted by Gasteiger charge is -2.06. The number of thioether (sulfide) groups is 1. The Bertz CT molecular complexity index is 574. The summed E-state index contributed by atoms with van der Waals surface area (Å²) in [6.45, 7) is 0.526. The third-order valence-electron chi connectivity index (χ3n) is 2.37. The zero-order valence-corrected chi connectivity index (χ0v) is 11.0. The van der Waals surface area contributed by atoms with Gasteiger partial charge < -0.3 is 10.4 Å². The molecule has 0 bridgehead atoms. The van der Waals surface area contributed by atoms with E-state index in [4.69, 9.17) is 5.11 Å². The highest BCUT2D eigenvalue weighted by Crippen LogP contribution is 2.14. The van der Waals surface area contributed by atoms with Crippen LogP contribution in [0, 0.1) is 0 Å². The van der Waals surface area contributed by atoms with Crippen LogP contribution in [0.25, 0.3) is 0 Å². The van der Waals surface area contributed by atoms with E-state index >= 15 is 0 Å². The van der Waals surface area contributed by atoms with E-state index in [-0.39, 0.29) is 5.69 Å². The second-order valence-electron chi connectivity index (χ2n) is 3.66. The molecule has 0 aliphatic carbocycles. The molecule has 0 saturated heterocycles. The number of pyridine rings is 1. The average Bonchev–Trinajstić information content (AvgIpc) is 2.46. The van der Waals surface area contributed by atoms with Crippen molar-refractivity contribution < 1.29 is 9.90 Å². The molecule has 0 radical (unpaired) electrons. The minimum absolute atomic E-state index is 0.0375. The fourth-order valence-corrected chi connectivity index (χ4v) is 1.78. The molecule has 0 aliphatic rings. The summed E-state index contributed by atoms with van der Waals surface area (Å²) in [5, 5.41) is 12.8. The molecule has 0 saturated carbocycles. The Hall–Kier alpha value is -2.15. The highest BCUT2D eigenvalue weighted by atomic mass is 32.2. The predicted octanol–water partition coefficient (Wildman–Crippen LogP) is 1.90. The second-order valence-corrected chi connectivity index (χ2v) is 4.48. The molecule has 6 nitrogen and oxygen atoms in total. The Kier molecular flexibility index (Phi) is 4.30. The van der Waals surface area contributed by atoms with Gasteiger partial charge in [0.05, 0.1) is 0 Å². The molecular weight excluding hydrogens is 264 g/mol. The summed E-state index contributed by atoms with van der Waals surface area (Å²) in [6, 6.07) is 5.05. The van der Waals surface area contributed by atoms with Crippen LogP contribution < -0.4 is 5.32 Å². The molecule has 2 heterocycles. The Morgan fingerprint density at radius 1 is 1.37 bits per heavy atom. The first kappa shape index (κ1) is 13.3. The topological polar surface area (TPSA) is 88.0 Å². The summed E-state index contributed by atoms with van der Waals surface area (Å²) in [6.07, 6.45) is 4.98. The number of aromatic nitrogens is 3. The molecule has 0 aliphatic heterocycles. The lowest BCUT2D eigenvalue weighted by atomic mass is 10.2. The van der Waals surface area contributed by atoms with Crippen molar-refractivity contribution in [1.82, 2.24) is 15.0 Å². The largest absolute Gasteiger partial charge is 0.477 e. The van der Waals surface area contributed by atoms with Crippen LogP contribution in [0.3, 0.4) is 0 Å². The number of nitrogens with zero attached hydrogens (tertiary/aromatic N) is 3. The molecule has 2 aromatic heterocycles. The summed E-state index contributed by atoms with van der Waals surface area (Å²) in [5.74, 6) is -0.304. The fraction of sp³-hybridized carbons (Fsp3) is 0.167. The minimum atomic E-state index is -1.03. The molecule has 2 N–H and O–H groups in total. The van der Waals surface area contributed by atoms with Gasteiger partial charge in [-0.2, -0.15) is 0 Å². The highest BCUT2D eigenvalue weighted by molar-refractivity contribution is 7.98. The maximum Gasteiger partial charge on any atom is 0.354 e. The van der Waals surface area contributed by atoms with Gasteiger partial charge in [0.15, 0.2) is 0 Å². The normalized spacial score (nSPS) is 10.2. The van der Waals surface area contributed by atoms with E-state index in [2.05, 4.69) is 20.3 Å².